The molecule has 0 amide bonds. The lowest BCUT2D eigenvalue weighted by molar-refractivity contribution is 1.04. The highest BCUT2D eigenvalue weighted by molar-refractivity contribution is 9.10. The molecule has 0 aliphatic carbocycles. The molecule has 2 aromatic rings. The van der Waals surface area contributed by atoms with E-state index in [1.807, 2.05) is 6.92 Å². The minimum Gasteiger partial charge on any atom is -0.261 e. The zero-order chi connectivity index (χ0) is 7.84. The molecule has 0 aliphatic rings. The van der Waals surface area contributed by atoms with Crippen LogP contribution in [0.25, 0.3) is 11.0 Å². The first-order valence-corrected chi connectivity index (χ1v) is 3.90. The van der Waals surface area contributed by atoms with Gasteiger partial charge in [0.2, 0.25) is 0 Å². The largest absolute Gasteiger partial charge is 0.261 e. The molecule has 0 aromatic carbocycles. The van der Waals surface area contributed by atoms with Gasteiger partial charge in [-0.05, 0) is 22.9 Å². The van der Waals surface area contributed by atoms with Crippen molar-refractivity contribution in [2.24, 2.45) is 0 Å². The van der Waals surface area contributed by atoms with Gasteiger partial charge in [-0.25, -0.2) is 9.97 Å². The highest BCUT2D eigenvalue weighted by Gasteiger charge is 2.02. The number of hydrogen-bond acceptors (Lipinski definition) is 3. The van der Waals surface area contributed by atoms with E-state index in [1.165, 1.54) is 0 Å². The zero-order valence-corrected chi connectivity index (χ0v) is 7.38. The maximum atomic E-state index is 4.14. The van der Waals surface area contributed by atoms with Crippen molar-refractivity contribution < 1.29 is 0 Å². The minimum atomic E-state index is 0.730. The van der Waals surface area contributed by atoms with Crippen LogP contribution in [0.15, 0.2) is 10.8 Å². The third-order valence-corrected chi connectivity index (χ3v) is 1.98. The van der Waals surface area contributed by atoms with E-state index in [4.69, 9.17) is 0 Å². The van der Waals surface area contributed by atoms with Crippen molar-refractivity contribution in [2.45, 2.75) is 6.92 Å². The molecular weight excluding hydrogens is 208 g/mol. The van der Waals surface area contributed by atoms with Gasteiger partial charge >= 0.3 is 0 Å². The molecule has 56 valence electrons. The van der Waals surface area contributed by atoms with Gasteiger partial charge in [0, 0.05) is 0 Å². The highest BCUT2D eigenvalue weighted by Crippen LogP contribution is 2.17. The van der Waals surface area contributed by atoms with Crippen LogP contribution in [-0.4, -0.2) is 20.2 Å². The van der Waals surface area contributed by atoms with Crippen molar-refractivity contribution in [3.05, 3.63) is 16.6 Å². The highest BCUT2D eigenvalue weighted by atomic mass is 79.9. The number of aryl methyl sites for hydroxylation is 1. The summed E-state index contributed by atoms with van der Waals surface area (Å²) < 4.78 is 0.786. The quantitative estimate of drug-likeness (QED) is 0.673. The SMILES string of the molecule is Cc1nc(Br)c2cn[nH]c2n1. The lowest BCUT2D eigenvalue weighted by Gasteiger charge is -1.93. The number of nitrogens with zero attached hydrogens (tertiary/aromatic N) is 3. The van der Waals surface area contributed by atoms with Gasteiger partial charge < -0.3 is 0 Å². The van der Waals surface area contributed by atoms with E-state index < -0.39 is 0 Å². The van der Waals surface area contributed by atoms with Crippen LogP contribution in [0.3, 0.4) is 0 Å². The Kier molecular flexibility index (Phi) is 1.38. The first-order valence-electron chi connectivity index (χ1n) is 3.10. The molecule has 0 radical (unpaired) electrons. The number of hydrogen-bond donors (Lipinski definition) is 1. The monoisotopic (exact) mass is 212 g/mol. The summed E-state index contributed by atoms with van der Waals surface area (Å²) in [6.45, 7) is 1.84. The third kappa shape index (κ3) is 1.01. The normalized spacial score (nSPS) is 10.7. The Morgan fingerprint density at radius 1 is 1.45 bits per heavy atom. The minimum absolute atomic E-state index is 0.730. The fourth-order valence-corrected chi connectivity index (χ4v) is 1.45. The van der Waals surface area contributed by atoms with Crippen molar-refractivity contribution in [3.63, 3.8) is 0 Å². The van der Waals surface area contributed by atoms with Crippen LogP contribution in [0.4, 0.5) is 0 Å². The second kappa shape index (κ2) is 2.27. The Balaban J connectivity index is 2.91. The average Bonchev–Trinajstić information content (AvgIpc) is 2.34. The van der Waals surface area contributed by atoms with Crippen molar-refractivity contribution in [1.29, 1.82) is 0 Å². The first-order chi connectivity index (χ1) is 5.27. The zero-order valence-electron chi connectivity index (χ0n) is 5.80. The first kappa shape index (κ1) is 6.72. The average molecular weight is 213 g/mol. The predicted octanol–water partition coefficient (Wildman–Crippen LogP) is 1.42. The fraction of sp³-hybridized carbons (Fsp3) is 0.167. The number of H-pyrrole nitrogens is 1. The molecule has 1 N–H and O–H groups in total. The summed E-state index contributed by atoms with van der Waals surface area (Å²) in [5.41, 5.74) is 0.768. The molecule has 0 bridgehead atoms. The molecule has 0 saturated heterocycles. The number of aromatic nitrogens is 4. The molecular formula is C6H5BrN4. The van der Waals surface area contributed by atoms with Crippen LogP contribution >= 0.6 is 15.9 Å². The van der Waals surface area contributed by atoms with E-state index in [0.717, 1.165) is 21.5 Å². The molecule has 0 aliphatic heterocycles. The van der Waals surface area contributed by atoms with Gasteiger partial charge in [-0.1, -0.05) is 0 Å². The molecule has 4 nitrogen and oxygen atoms in total. The molecule has 5 heteroatoms. The molecule has 0 fully saturated rings. The third-order valence-electron chi connectivity index (χ3n) is 1.38. The van der Waals surface area contributed by atoms with Gasteiger partial charge in [-0.3, -0.25) is 5.10 Å². The summed E-state index contributed by atoms with van der Waals surface area (Å²) in [5.74, 6) is 0.730. The standard InChI is InChI=1S/C6H5BrN4/c1-3-9-5(7)4-2-8-11-6(4)10-3/h2H,1H3,(H,8,9,10,11). The molecule has 0 atom stereocenters. The molecule has 0 spiro atoms. The second-order valence-corrected chi connectivity index (χ2v) is 2.95. The Bertz CT molecular complexity index is 394. The summed E-state index contributed by atoms with van der Waals surface area (Å²) in [6.07, 6.45) is 1.69. The summed E-state index contributed by atoms with van der Waals surface area (Å²) >= 11 is 3.32. The van der Waals surface area contributed by atoms with Crippen molar-refractivity contribution >= 4 is 27.0 Å². The number of nitrogens with one attached hydrogen (secondary N) is 1. The van der Waals surface area contributed by atoms with Gasteiger partial charge in [0.05, 0.1) is 11.6 Å². The van der Waals surface area contributed by atoms with Gasteiger partial charge in [-0.15, -0.1) is 0 Å². The van der Waals surface area contributed by atoms with Gasteiger partial charge in [0.25, 0.3) is 0 Å². The summed E-state index contributed by atoms with van der Waals surface area (Å²) in [4.78, 5) is 8.26. The van der Waals surface area contributed by atoms with Crippen molar-refractivity contribution in [3.8, 4) is 0 Å². The van der Waals surface area contributed by atoms with E-state index in [0.29, 0.717) is 0 Å². The van der Waals surface area contributed by atoms with Crippen LogP contribution in [0.5, 0.6) is 0 Å². The molecule has 2 heterocycles. The second-order valence-electron chi connectivity index (χ2n) is 2.19. The number of halogens is 1. The smallest absolute Gasteiger partial charge is 0.160 e. The Morgan fingerprint density at radius 3 is 3.09 bits per heavy atom. The number of fused-ring (bicyclic) bond motifs is 1. The van der Waals surface area contributed by atoms with Crippen LogP contribution in [0.2, 0.25) is 0 Å². The molecule has 0 unspecified atom stereocenters. The topological polar surface area (TPSA) is 54.5 Å². The van der Waals surface area contributed by atoms with Crippen molar-refractivity contribution in [1.82, 2.24) is 20.2 Å². The lowest BCUT2D eigenvalue weighted by Crippen LogP contribution is -1.88. The van der Waals surface area contributed by atoms with Crippen LogP contribution in [0, 0.1) is 6.92 Å². The summed E-state index contributed by atoms with van der Waals surface area (Å²) in [6, 6.07) is 0. The summed E-state index contributed by atoms with van der Waals surface area (Å²) in [7, 11) is 0. The van der Waals surface area contributed by atoms with E-state index in [2.05, 4.69) is 36.1 Å². The van der Waals surface area contributed by atoms with E-state index >= 15 is 0 Å². The lowest BCUT2D eigenvalue weighted by atomic mass is 10.4. The molecule has 0 saturated carbocycles. The molecule has 2 aromatic heterocycles. The van der Waals surface area contributed by atoms with Crippen LogP contribution in [-0.2, 0) is 0 Å². The van der Waals surface area contributed by atoms with E-state index in [-0.39, 0.29) is 0 Å². The molecule has 11 heavy (non-hydrogen) atoms. The van der Waals surface area contributed by atoms with E-state index in [9.17, 15) is 0 Å². The predicted molar refractivity (Wildman–Crippen MR) is 44.1 cm³/mol. The Hall–Kier alpha value is -0.970. The van der Waals surface area contributed by atoms with Crippen LogP contribution in [0.1, 0.15) is 5.82 Å². The van der Waals surface area contributed by atoms with Gasteiger partial charge in [0.1, 0.15) is 10.4 Å². The number of aromatic amines is 1. The fourth-order valence-electron chi connectivity index (χ4n) is 0.905. The Labute approximate surface area is 71.2 Å². The summed E-state index contributed by atoms with van der Waals surface area (Å²) in [5, 5.41) is 7.53. The number of rotatable bonds is 0. The van der Waals surface area contributed by atoms with Gasteiger partial charge in [-0.2, -0.15) is 5.10 Å². The maximum Gasteiger partial charge on any atom is 0.160 e. The Morgan fingerprint density at radius 2 is 2.27 bits per heavy atom. The molecule has 2 rings (SSSR count). The van der Waals surface area contributed by atoms with E-state index in [1.54, 1.807) is 6.20 Å². The van der Waals surface area contributed by atoms with Crippen molar-refractivity contribution in [2.75, 3.05) is 0 Å². The van der Waals surface area contributed by atoms with Gasteiger partial charge in [0.15, 0.2) is 5.65 Å². The maximum absolute atomic E-state index is 4.14. The van der Waals surface area contributed by atoms with Crippen LogP contribution < -0.4 is 0 Å².